The number of benzene rings is 2. The minimum absolute atomic E-state index is 0.0262. The van der Waals surface area contributed by atoms with E-state index in [0.29, 0.717) is 4.47 Å². The van der Waals surface area contributed by atoms with Crippen LogP contribution in [0.2, 0.25) is 0 Å². The van der Waals surface area contributed by atoms with E-state index in [-0.39, 0.29) is 11.3 Å². The Bertz CT molecular complexity index is 666. The number of halogens is 4. The van der Waals surface area contributed by atoms with E-state index in [1.54, 1.807) is 18.2 Å². The zero-order valence-corrected chi connectivity index (χ0v) is 14.0. The number of hydrogen-bond donors (Lipinski definition) is 0. The SMILES string of the molecule is COc1cc(F)c(C(=O)c2cc(I)ccc2Br)c(F)c1. The van der Waals surface area contributed by atoms with E-state index in [4.69, 9.17) is 4.74 Å². The molecule has 20 heavy (non-hydrogen) atoms. The molecule has 0 radical (unpaired) electrons. The van der Waals surface area contributed by atoms with Gasteiger partial charge in [-0.2, -0.15) is 0 Å². The number of ketones is 1. The van der Waals surface area contributed by atoms with Crippen LogP contribution in [-0.2, 0) is 0 Å². The Balaban J connectivity index is 2.56. The molecule has 104 valence electrons. The molecule has 2 rings (SSSR count). The molecular formula is C14H8BrF2IO2. The smallest absolute Gasteiger partial charge is 0.200 e. The molecule has 0 spiro atoms. The molecule has 0 saturated carbocycles. The Morgan fingerprint density at radius 2 is 1.80 bits per heavy atom. The quantitative estimate of drug-likeness (QED) is 0.503. The summed E-state index contributed by atoms with van der Waals surface area (Å²) in [6, 6.07) is 6.98. The molecule has 2 aromatic carbocycles. The van der Waals surface area contributed by atoms with Crippen LogP contribution in [0.5, 0.6) is 5.75 Å². The van der Waals surface area contributed by atoms with Gasteiger partial charge in [-0.3, -0.25) is 4.79 Å². The van der Waals surface area contributed by atoms with Gasteiger partial charge in [0.05, 0.1) is 12.7 Å². The van der Waals surface area contributed by atoms with Crippen molar-refractivity contribution in [3.05, 3.63) is 61.1 Å². The van der Waals surface area contributed by atoms with Crippen molar-refractivity contribution in [3.63, 3.8) is 0 Å². The first kappa shape index (κ1) is 15.4. The highest BCUT2D eigenvalue weighted by Gasteiger charge is 2.22. The third-order valence-electron chi connectivity index (χ3n) is 2.65. The number of hydrogen-bond acceptors (Lipinski definition) is 2. The van der Waals surface area contributed by atoms with Crippen LogP contribution in [-0.4, -0.2) is 12.9 Å². The molecule has 2 aromatic rings. The van der Waals surface area contributed by atoms with Crippen molar-refractivity contribution < 1.29 is 18.3 Å². The van der Waals surface area contributed by atoms with E-state index in [2.05, 4.69) is 15.9 Å². The van der Waals surface area contributed by atoms with Gasteiger partial charge >= 0.3 is 0 Å². The fraction of sp³-hybridized carbons (Fsp3) is 0.0714. The van der Waals surface area contributed by atoms with Crippen molar-refractivity contribution in [1.29, 1.82) is 0 Å². The van der Waals surface area contributed by atoms with Gasteiger partial charge < -0.3 is 4.74 Å². The molecule has 0 aliphatic heterocycles. The molecule has 0 heterocycles. The van der Waals surface area contributed by atoms with E-state index in [0.717, 1.165) is 15.7 Å². The lowest BCUT2D eigenvalue weighted by Gasteiger charge is -2.08. The summed E-state index contributed by atoms with van der Waals surface area (Å²) in [6.07, 6.45) is 0. The molecule has 0 fully saturated rings. The molecule has 0 N–H and O–H groups in total. The van der Waals surface area contributed by atoms with Crippen LogP contribution in [0.4, 0.5) is 8.78 Å². The first-order valence-corrected chi connectivity index (χ1v) is 7.34. The van der Waals surface area contributed by atoms with Crippen molar-refractivity contribution in [2.24, 2.45) is 0 Å². The number of ether oxygens (including phenoxy) is 1. The monoisotopic (exact) mass is 452 g/mol. The van der Waals surface area contributed by atoms with Crippen LogP contribution >= 0.6 is 38.5 Å². The summed E-state index contributed by atoms with van der Waals surface area (Å²) >= 11 is 5.23. The van der Waals surface area contributed by atoms with Crippen LogP contribution in [0.25, 0.3) is 0 Å². The van der Waals surface area contributed by atoms with Crippen molar-refractivity contribution in [2.45, 2.75) is 0 Å². The summed E-state index contributed by atoms with van der Waals surface area (Å²) in [7, 11) is 1.30. The standard InChI is InChI=1S/C14H8BrF2IO2/c1-20-8-5-11(16)13(12(17)6-8)14(19)9-4-7(18)2-3-10(9)15/h2-6H,1H3. The fourth-order valence-corrected chi connectivity index (χ4v) is 2.61. The molecule has 0 aliphatic carbocycles. The topological polar surface area (TPSA) is 26.3 Å². The average Bonchev–Trinajstić information content (AvgIpc) is 2.40. The normalized spacial score (nSPS) is 10.4. The average molecular weight is 453 g/mol. The molecule has 0 amide bonds. The first-order chi connectivity index (χ1) is 9.43. The van der Waals surface area contributed by atoms with Crippen molar-refractivity contribution >= 4 is 44.3 Å². The van der Waals surface area contributed by atoms with Crippen LogP contribution < -0.4 is 4.74 Å². The Labute approximate surface area is 136 Å². The van der Waals surface area contributed by atoms with Gasteiger partial charge in [-0.05, 0) is 40.8 Å². The number of rotatable bonds is 3. The zero-order chi connectivity index (χ0) is 14.9. The Kier molecular flexibility index (Phi) is 4.74. The molecule has 0 saturated heterocycles. The summed E-state index contributed by atoms with van der Waals surface area (Å²) in [4.78, 5) is 12.3. The van der Waals surface area contributed by atoms with Crippen LogP contribution in [0.3, 0.4) is 0 Å². The minimum atomic E-state index is -0.947. The number of carbonyl (C=O) groups is 1. The number of carbonyl (C=O) groups excluding carboxylic acids is 1. The van der Waals surface area contributed by atoms with Gasteiger partial charge in [0.25, 0.3) is 0 Å². The van der Waals surface area contributed by atoms with Crippen molar-refractivity contribution in [2.75, 3.05) is 7.11 Å². The molecule has 0 aromatic heterocycles. The molecule has 0 aliphatic rings. The van der Waals surface area contributed by atoms with Crippen molar-refractivity contribution in [3.8, 4) is 5.75 Å². The Morgan fingerprint density at radius 3 is 2.35 bits per heavy atom. The first-order valence-electron chi connectivity index (χ1n) is 5.47. The predicted octanol–water partition coefficient (Wildman–Crippen LogP) is 4.57. The van der Waals surface area contributed by atoms with Crippen LogP contribution in [0.1, 0.15) is 15.9 Å². The highest BCUT2D eigenvalue weighted by atomic mass is 127. The Hall–Kier alpha value is -1.02. The van der Waals surface area contributed by atoms with Gasteiger partial charge in [0.1, 0.15) is 17.4 Å². The van der Waals surface area contributed by atoms with Crippen molar-refractivity contribution in [1.82, 2.24) is 0 Å². The summed E-state index contributed by atoms with van der Waals surface area (Å²) < 4.78 is 33.9. The van der Waals surface area contributed by atoms with E-state index in [1.165, 1.54) is 7.11 Å². The summed E-state index contributed by atoms with van der Waals surface area (Å²) in [5.41, 5.74) is -0.381. The third-order valence-corrected chi connectivity index (χ3v) is 4.01. The van der Waals surface area contributed by atoms with Gasteiger partial charge in [0.15, 0.2) is 5.78 Å². The van der Waals surface area contributed by atoms with Gasteiger partial charge in [0.2, 0.25) is 0 Å². The molecule has 2 nitrogen and oxygen atoms in total. The van der Waals surface area contributed by atoms with E-state index < -0.39 is 23.0 Å². The third kappa shape index (κ3) is 3.01. The summed E-state index contributed by atoms with van der Waals surface area (Å²) in [5.74, 6) is -2.58. The van der Waals surface area contributed by atoms with Gasteiger partial charge in [-0.15, -0.1) is 0 Å². The maximum atomic E-state index is 13.9. The van der Waals surface area contributed by atoms with Crippen LogP contribution in [0, 0.1) is 15.2 Å². The Morgan fingerprint density at radius 1 is 1.20 bits per heavy atom. The summed E-state index contributed by atoms with van der Waals surface area (Å²) in [5, 5.41) is 0. The fourth-order valence-electron chi connectivity index (χ4n) is 1.69. The van der Waals surface area contributed by atoms with E-state index in [9.17, 15) is 13.6 Å². The molecule has 0 bridgehead atoms. The van der Waals surface area contributed by atoms with Gasteiger partial charge in [-0.25, -0.2) is 8.78 Å². The summed E-state index contributed by atoms with van der Waals surface area (Å²) in [6.45, 7) is 0. The lowest BCUT2D eigenvalue weighted by Crippen LogP contribution is -2.09. The highest BCUT2D eigenvalue weighted by Crippen LogP contribution is 2.27. The lowest BCUT2D eigenvalue weighted by molar-refractivity contribution is 0.103. The largest absolute Gasteiger partial charge is 0.497 e. The predicted molar refractivity (Wildman–Crippen MR) is 83.2 cm³/mol. The second-order valence-electron chi connectivity index (χ2n) is 3.92. The maximum absolute atomic E-state index is 13.9. The van der Waals surface area contributed by atoms with E-state index >= 15 is 0 Å². The number of methoxy groups -OCH3 is 1. The van der Waals surface area contributed by atoms with Crippen LogP contribution in [0.15, 0.2) is 34.8 Å². The lowest BCUT2D eigenvalue weighted by atomic mass is 10.0. The molecule has 0 unspecified atom stereocenters. The van der Waals surface area contributed by atoms with Gasteiger partial charge in [-0.1, -0.05) is 15.9 Å². The van der Waals surface area contributed by atoms with E-state index in [1.807, 2.05) is 22.6 Å². The highest BCUT2D eigenvalue weighted by molar-refractivity contribution is 14.1. The van der Waals surface area contributed by atoms with Gasteiger partial charge in [0, 0.05) is 25.7 Å². The maximum Gasteiger partial charge on any atom is 0.200 e. The second kappa shape index (κ2) is 6.17. The molecular weight excluding hydrogens is 445 g/mol. The minimum Gasteiger partial charge on any atom is -0.497 e. The second-order valence-corrected chi connectivity index (χ2v) is 6.02. The molecule has 6 heteroatoms. The zero-order valence-electron chi connectivity index (χ0n) is 10.2. The molecule has 0 atom stereocenters.